The van der Waals surface area contributed by atoms with Crippen molar-refractivity contribution >= 4 is 46.4 Å². The number of hydrogen-bond donors (Lipinski definition) is 1. The number of nitrogens with zero attached hydrogens (tertiary/aromatic N) is 1. The van der Waals surface area contributed by atoms with Gasteiger partial charge in [0.2, 0.25) is 0 Å². The van der Waals surface area contributed by atoms with Gasteiger partial charge in [-0.15, -0.1) is 11.8 Å². The van der Waals surface area contributed by atoms with E-state index in [1.807, 2.05) is 0 Å². The van der Waals surface area contributed by atoms with Crippen molar-refractivity contribution in [2.24, 2.45) is 0 Å². The van der Waals surface area contributed by atoms with Crippen LogP contribution in [0.3, 0.4) is 0 Å². The third-order valence-corrected chi connectivity index (χ3v) is 5.44. The molecule has 2 amide bonds. The Kier molecular flexibility index (Phi) is 6.28. The van der Waals surface area contributed by atoms with Gasteiger partial charge in [0.25, 0.3) is 11.8 Å². The molecule has 3 rings (SSSR count). The molecule has 1 aliphatic rings. The highest BCUT2D eigenvalue weighted by Crippen LogP contribution is 2.42. The number of halogens is 1. The van der Waals surface area contributed by atoms with Crippen LogP contribution < -0.4 is 14.4 Å². The molecule has 146 valence electrons. The van der Waals surface area contributed by atoms with E-state index in [1.165, 1.54) is 14.2 Å². The Morgan fingerprint density at radius 3 is 2.36 bits per heavy atom. The predicted molar refractivity (Wildman–Crippen MR) is 110 cm³/mol. The number of ether oxygens (including phenoxy) is 2. The minimum Gasteiger partial charge on any atom is -0.497 e. The summed E-state index contributed by atoms with van der Waals surface area (Å²) >= 11 is 7.09. The summed E-state index contributed by atoms with van der Waals surface area (Å²) in [6.07, 6.45) is 0. The molecule has 1 N–H and O–H groups in total. The van der Waals surface area contributed by atoms with Gasteiger partial charge in [-0.25, -0.2) is 4.90 Å². The highest BCUT2D eigenvalue weighted by atomic mass is 35.5. The molecule has 0 unspecified atom stereocenters. The molecule has 0 fully saturated rings. The second kappa shape index (κ2) is 8.68. The lowest BCUT2D eigenvalue weighted by Crippen LogP contribution is -2.31. The largest absolute Gasteiger partial charge is 0.497 e. The Labute approximate surface area is 171 Å². The average Bonchev–Trinajstić information content (AvgIpc) is 2.96. The van der Waals surface area contributed by atoms with E-state index in [2.05, 4.69) is 0 Å². The molecule has 0 bridgehead atoms. The van der Waals surface area contributed by atoms with Gasteiger partial charge in [-0.2, -0.15) is 0 Å². The smallest absolute Gasteiger partial charge is 0.272 e. The molecule has 28 heavy (non-hydrogen) atoms. The van der Waals surface area contributed by atoms with Crippen molar-refractivity contribution in [2.45, 2.75) is 0 Å². The summed E-state index contributed by atoms with van der Waals surface area (Å²) in [7, 11) is 2.96. The van der Waals surface area contributed by atoms with E-state index in [9.17, 15) is 14.7 Å². The van der Waals surface area contributed by atoms with Crippen LogP contribution in [0.1, 0.15) is 5.56 Å². The number of hydrogen-bond acceptors (Lipinski definition) is 6. The minimum atomic E-state index is -0.473. The molecule has 0 atom stereocenters. The highest BCUT2D eigenvalue weighted by Gasteiger charge is 2.41. The van der Waals surface area contributed by atoms with Gasteiger partial charge >= 0.3 is 0 Å². The number of amides is 2. The van der Waals surface area contributed by atoms with Gasteiger partial charge in [0.05, 0.1) is 37.0 Å². The molecule has 2 aromatic carbocycles. The van der Waals surface area contributed by atoms with E-state index in [4.69, 9.17) is 21.1 Å². The molecular formula is C20H18ClNO5S. The lowest BCUT2D eigenvalue weighted by atomic mass is 10.1. The second-order valence-electron chi connectivity index (χ2n) is 5.77. The molecule has 0 radical (unpaired) electrons. The SMILES string of the molecule is COc1ccc(OC)c(N2C(=O)C(SCCO)=C(c3ccc(Cl)cc3)C2=O)c1. The van der Waals surface area contributed by atoms with Gasteiger partial charge in [0, 0.05) is 16.8 Å². The zero-order chi connectivity index (χ0) is 20.3. The van der Waals surface area contributed by atoms with Gasteiger partial charge in [-0.05, 0) is 29.8 Å². The molecule has 1 heterocycles. The number of benzene rings is 2. The first-order valence-electron chi connectivity index (χ1n) is 8.36. The predicted octanol–water partition coefficient (Wildman–Crippen LogP) is 3.37. The molecule has 0 aromatic heterocycles. The molecule has 0 saturated heterocycles. The van der Waals surface area contributed by atoms with Gasteiger partial charge < -0.3 is 14.6 Å². The Bertz CT molecular complexity index is 942. The summed E-state index contributed by atoms with van der Waals surface area (Å²) in [5, 5.41) is 9.72. The maximum absolute atomic E-state index is 13.3. The molecule has 1 aliphatic heterocycles. The van der Waals surface area contributed by atoms with Crippen molar-refractivity contribution in [3.8, 4) is 11.5 Å². The molecule has 0 spiro atoms. The second-order valence-corrected chi connectivity index (χ2v) is 7.31. The van der Waals surface area contributed by atoms with E-state index in [0.29, 0.717) is 27.8 Å². The van der Waals surface area contributed by atoms with E-state index < -0.39 is 11.8 Å². The lowest BCUT2D eigenvalue weighted by molar-refractivity contribution is -0.119. The number of carbonyl (C=O) groups is 2. The topological polar surface area (TPSA) is 76.1 Å². The van der Waals surface area contributed by atoms with E-state index in [1.54, 1.807) is 42.5 Å². The fraction of sp³-hybridized carbons (Fsp3) is 0.200. The van der Waals surface area contributed by atoms with Crippen LogP contribution in [-0.4, -0.2) is 43.5 Å². The Morgan fingerprint density at radius 1 is 1.04 bits per heavy atom. The maximum atomic E-state index is 13.3. The highest BCUT2D eigenvalue weighted by molar-refractivity contribution is 8.04. The maximum Gasteiger partial charge on any atom is 0.272 e. The van der Waals surface area contributed by atoms with Crippen LogP contribution in [0, 0.1) is 0 Å². The van der Waals surface area contributed by atoms with Crippen LogP contribution in [0.4, 0.5) is 5.69 Å². The van der Waals surface area contributed by atoms with Crippen LogP contribution in [0.15, 0.2) is 47.4 Å². The first-order chi connectivity index (χ1) is 13.5. The van der Waals surface area contributed by atoms with E-state index in [0.717, 1.165) is 16.7 Å². The van der Waals surface area contributed by atoms with Crippen LogP contribution in [-0.2, 0) is 9.59 Å². The monoisotopic (exact) mass is 419 g/mol. The van der Waals surface area contributed by atoms with E-state index in [-0.39, 0.29) is 22.8 Å². The van der Waals surface area contributed by atoms with E-state index >= 15 is 0 Å². The normalized spacial score (nSPS) is 14.1. The number of anilines is 1. The Hall–Kier alpha value is -2.48. The number of thioether (sulfide) groups is 1. The van der Waals surface area contributed by atoms with Crippen molar-refractivity contribution in [1.29, 1.82) is 0 Å². The summed E-state index contributed by atoms with van der Waals surface area (Å²) in [6.45, 7) is -0.119. The first-order valence-corrected chi connectivity index (χ1v) is 9.72. The van der Waals surface area contributed by atoms with Crippen molar-refractivity contribution in [2.75, 3.05) is 31.5 Å². The molecule has 8 heteroatoms. The summed E-state index contributed by atoms with van der Waals surface area (Å²) in [4.78, 5) is 27.8. The van der Waals surface area contributed by atoms with Gasteiger partial charge in [0.15, 0.2) is 0 Å². The first kappa shape index (κ1) is 20.3. The zero-order valence-corrected chi connectivity index (χ0v) is 16.8. The molecular weight excluding hydrogens is 402 g/mol. The Balaban J connectivity index is 2.12. The Morgan fingerprint density at radius 2 is 1.75 bits per heavy atom. The summed E-state index contributed by atoms with van der Waals surface area (Å²) < 4.78 is 10.6. The van der Waals surface area contributed by atoms with Crippen LogP contribution in [0.5, 0.6) is 11.5 Å². The van der Waals surface area contributed by atoms with Gasteiger partial charge in [-0.1, -0.05) is 23.7 Å². The standard InChI is InChI=1S/C20H18ClNO5S/c1-26-14-7-8-16(27-2)15(11-14)22-19(24)17(12-3-5-13(21)6-4-12)18(20(22)25)28-10-9-23/h3-8,11,23H,9-10H2,1-2H3. The van der Waals surface area contributed by atoms with Crippen molar-refractivity contribution < 1.29 is 24.2 Å². The quantitative estimate of drug-likeness (QED) is 0.693. The average molecular weight is 420 g/mol. The van der Waals surface area contributed by atoms with Crippen molar-refractivity contribution in [3.05, 3.63) is 58.0 Å². The van der Waals surface area contributed by atoms with Crippen molar-refractivity contribution in [3.63, 3.8) is 0 Å². The molecule has 6 nitrogen and oxygen atoms in total. The molecule has 2 aromatic rings. The number of imide groups is 1. The lowest BCUT2D eigenvalue weighted by Gasteiger charge is -2.19. The third kappa shape index (κ3) is 3.73. The van der Waals surface area contributed by atoms with Crippen LogP contribution >= 0.6 is 23.4 Å². The number of rotatable bonds is 7. The van der Waals surface area contributed by atoms with Crippen LogP contribution in [0.2, 0.25) is 5.02 Å². The van der Waals surface area contributed by atoms with Crippen molar-refractivity contribution in [1.82, 2.24) is 0 Å². The molecule has 0 saturated carbocycles. The van der Waals surface area contributed by atoms with Crippen LogP contribution in [0.25, 0.3) is 5.57 Å². The number of aliphatic hydroxyl groups is 1. The van der Waals surface area contributed by atoms with Gasteiger partial charge in [0.1, 0.15) is 11.5 Å². The summed E-state index contributed by atoms with van der Waals surface area (Å²) in [6, 6.07) is 11.6. The summed E-state index contributed by atoms with van der Waals surface area (Å²) in [5.74, 6) is 0.195. The number of methoxy groups -OCH3 is 2. The fourth-order valence-corrected chi connectivity index (χ4v) is 3.84. The third-order valence-electron chi connectivity index (χ3n) is 4.14. The minimum absolute atomic E-state index is 0.119. The number of aliphatic hydroxyl groups excluding tert-OH is 1. The molecule has 0 aliphatic carbocycles. The fourth-order valence-electron chi connectivity index (χ4n) is 2.85. The summed E-state index contributed by atoms with van der Waals surface area (Å²) in [5.41, 5.74) is 1.14. The zero-order valence-electron chi connectivity index (χ0n) is 15.3. The number of carbonyl (C=O) groups excluding carboxylic acids is 2. The van der Waals surface area contributed by atoms with Gasteiger partial charge in [-0.3, -0.25) is 9.59 Å².